The lowest BCUT2D eigenvalue weighted by atomic mass is 9.98. The van der Waals surface area contributed by atoms with E-state index in [0.717, 1.165) is 42.3 Å². The normalized spacial score (nSPS) is 15.3. The first-order chi connectivity index (χ1) is 14.5. The first-order valence-electron chi connectivity index (χ1n) is 10.8. The molecule has 2 N–H and O–H groups in total. The molecule has 6 nitrogen and oxygen atoms in total. The molecule has 1 aliphatic heterocycles. The molecule has 0 fully saturated rings. The predicted molar refractivity (Wildman–Crippen MR) is 120 cm³/mol. The third-order valence-electron chi connectivity index (χ3n) is 5.41. The number of hydrogen-bond donors (Lipinski definition) is 2. The maximum absolute atomic E-state index is 12.5. The fraction of sp³-hybridized carbons (Fsp3) is 0.458. The monoisotopic (exact) mass is 412 g/mol. The maximum atomic E-state index is 12.5. The molecule has 1 unspecified atom stereocenters. The Kier molecular flexibility index (Phi) is 7.57. The van der Waals surface area contributed by atoms with Crippen molar-refractivity contribution >= 4 is 11.6 Å². The van der Waals surface area contributed by atoms with Gasteiger partial charge in [-0.2, -0.15) is 0 Å². The van der Waals surface area contributed by atoms with Crippen molar-refractivity contribution in [2.75, 3.05) is 45.3 Å². The second-order valence-electron chi connectivity index (χ2n) is 7.87. The Morgan fingerprint density at radius 3 is 2.27 bits per heavy atom. The highest BCUT2D eigenvalue weighted by Crippen LogP contribution is 2.32. The molecule has 0 radical (unpaired) electrons. The molecule has 0 aliphatic carbocycles. The summed E-state index contributed by atoms with van der Waals surface area (Å²) >= 11 is 0. The second kappa shape index (κ2) is 10.3. The third kappa shape index (κ3) is 5.66. The summed E-state index contributed by atoms with van der Waals surface area (Å²) < 4.78 is 11.5. The van der Waals surface area contributed by atoms with Gasteiger partial charge in [0.25, 0.3) is 5.91 Å². The van der Waals surface area contributed by atoms with Gasteiger partial charge in [-0.05, 0) is 49.2 Å². The van der Waals surface area contributed by atoms with Crippen LogP contribution in [0.4, 0.5) is 5.69 Å². The van der Waals surface area contributed by atoms with Crippen molar-refractivity contribution in [3.63, 3.8) is 0 Å². The number of amides is 1. The third-order valence-corrected chi connectivity index (χ3v) is 5.41. The zero-order valence-corrected chi connectivity index (χ0v) is 18.6. The summed E-state index contributed by atoms with van der Waals surface area (Å²) in [6, 6.07) is 12.5. The molecule has 0 bridgehead atoms. The van der Waals surface area contributed by atoms with Crippen molar-refractivity contribution in [1.82, 2.24) is 5.32 Å². The molecular weight excluding hydrogens is 378 g/mol. The summed E-state index contributed by atoms with van der Waals surface area (Å²) in [7, 11) is 4.04. The number of carbonyl (C=O) groups excluding carboxylic acids is 1. The number of anilines is 1. The largest absolute Gasteiger partial charge is 0.490 e. The van der Waals surface area contributed by atoms with Gasteiger partial charge in [-0.1, -0.05) is 12.1 Å². The molecule has 1 heterocycles. The lowest BCUT2D eigenvalue weighted by molar-refractivity contribution is -0.908. The molecule has 1 aliphatic rings. The Morgan fingerprint density at radius 1 is 1.03 bits per heavy atom. The Morgan fingerprint density at radius 2 is 1.67 bits per heavy atom. The van der Waals surface area contributed by atoms with Crippen molar-refractivity contribution in [3.8, 4) is 11.5 Å². The van der Waals surface area contributed by atoms with Crippen LogP contribution in [0.5, 0.6) is 11.5 Å². The van der Waals surface area contributed by atoms with Crippen molar-refractivity contribution in [2.24, 2.45) is 0 Å². The molecule has 0 saturated heterocycles. The van der Waals surface area contributed by atoms with Crippen molar-refractivity contribution in [1.29, 1.82) is 0 Å². The number of hydrogen-bond acceptors (Lipinski definition) is 4. The van der Waals surface area contributed by atoms with Gasteiger partial charge in [-0.25, -0.2) is 0 Å². The van der Waals surface area contributed by atoms with Crippen LogP contribution < -0.4 is 24.6 Å². The summed E-state index contributed by atoms with van der Waals surface area (Å²) in [5.74, 6) is 1.70. The Hall–Kier alpha value is -2.73. The van der Waals surface area contributed by atoms with Gasteiger partial charge in [0.15, 0.2) is 18.0 Å². The number of rotatable bonds is 9. The van der Waals surface area contributed by atoms with E-state index in [1.54, 1.807) is 0 Å². The smallest absolute Gasteiger partial charge is 0.275 e. The number of carbonyl (C=O) groups is 1. The van der Waals surface area contributed by atoms with E-state index in [1.807, 2.05) is 27.9 Å². The molecule has 162 valence electrons. The van der Waals surface area contributed by atoms with Gasteiger partial charge in [0.1, 0.15) is 6.54 Å². The Labute approximate surface area is 179 Å². The van der Waals surface area contributed by atoms with E-state index in [2.05, 4.69) is 46.6 Å². The molecule has 1 amide bonds. The van der Waals surface area contributed by atoms with E-state index >= 15 is 0 Å². The van der Waals surface area contributed by atoms with E-state index in [4.69, 9.17) is 9.47 Å². The molecule has 2 aromatic carbocycles. The number of quaternary nitrogens is 1. The van der Waals surface area contributed by atoms with Crippen LogP contribution in [0.15, 0.2) is 36.4 Å². The lowest BCUT2D eigenvalue weighted by Crippen LogP contribution is -3.12. The lowest BCUT2D eigenvalue weighted by Gasteiger charge is -2.26. The quantitative estimate of drug-likeness (QED) is 0.660. The van der Waals surface area contributed by atoms with E-state index in [0.29, 0.717) is 26.3 Å². The zero-order chi connectivity index (χ0) is 21.5. The Balaban J connectivity index is 1.56. The van der Waals surface area contributed by atoms with E-state index in [1.165, 1.54) is 16.0 Å². The summed E-state index contributed by atoms with van der Waals surface area (Å²) in [5, 5.41) is 3.06. The van der Waals surface area contributed by atoms with Gasteiger partial charge < -0.3 is 24.6 Å². The van der Waals surface area contributed by atoms with Crippen LogP contribution in [-0.2, 0) is 24.3 Å². The minimum absolute atomic E-state index is 0.0844. The molecule has 3 rings (SSSR count). The molecule has 6 heteroatoms. The van der Waals surface area contributed by atoms with Crippen molar-refractivity contribution in [3.05, 3.63) is 53.1 Å². The SMILES string of the molecule is CCOc1cc2c(cc1OCC)C[NH+](CC(=O)NCc1ccc(N(C)C)cc1)CC2. The first kappa shape index (κ1) is 22.0. The number of nitrogens with zero attached hydrogens (tertiary/aromatic N) is 1. The highest BCUT2D eigenvalue weighted by molar-refractivity contribution is 5.76. The fourth-order valence-corrected chi connectivity index (χ4v) is 3.80. The van der Waals surface area contributed by atoms with Gasteiger partial charge in [0, 0.05) is 38.3 Å². The number of ether oxygens (including phenoxy) is 2. The summed E-state index contributed by atoms with van der Waals surface area (Å²) in [6.07, 6.45) is 0.941. The van der Waals surface area contributed by atoms with Crippen LogP contribution in [0.25, 0.3) is 0 Å². The average Bonchev–Trinajstić information content (AvgIpc) is 2.73. The minimum Gasteiger partial charge on any atom is -0.490 e. The topological polar surface area (TPSA) is 55.2 Å². The summed E-state index contributed by atoms with van der Waals surface area (Å²) in [6.45, 7) is 7.99. The summed E-state index contributed by atoms with van der Waals surface area (Å²) in [4.78, 5) is 15.8. The molecule has 0 aromatic heterocycles. The van der Waals surface area contributed by atoms with Crippen LogP contribution in [-0.4, -0.2) is 46.3 Å². The van der Waals surface area contributed by atoms with Crippen molar-refractivity contribution < 1.29 is 19.2 Å². The number of benzene rings is 2. The highest BCUT2D eigenvalue weighted by Gasteiger charge is 2.24. The predicted octanol–water partition coefficient (Wildman–Crippen LogP) is 1.81. The number of fused-ring (bicyclic) bond motifs is 1. The standard InChI is InChI=1S/C24H33N3O3/c1-5-29-22-13-19-11-12-27(16-20(19)14-23(22)30-6-2)17-24(28)25-15-18-7-9-21(10-8-18)26(3)4/h7-10,13-14H,5-6,11-12,15-17H2,1-4H3,(H,25,28)/p+1. The Bertz CT molecular complexity index is 850. The van der Waals surface area contributed by atoms with Gasteiger partial charge in [-0.15, -0.1) is 0 Å². The molecule has 0 saturated carbocycles. The van der Waals surface area contributed by atoms with Crippen LogP contribution in [0, 0.1) is 0 Å². The zero-order valence-electron chi connectivity index (χ0n) is 18.6. The molecule has 2 aromatic rings. The van der Waals surface area contributed by atoms with Crippen LogP contribution in [0.2, 0.25) is 0 Å². The van der Waals surface area contributed by atoms with E-state index in [9.17, 15) is 4.79 Å². The molecule has 1 atom stereocenters. The first-order valence-corrected chi connectivity index (χ1v) is 10.8. The van der Waals surface area contributed by atoms with Crippen LogP contribution >= 0.6 is 0 Å². The van der Waals surface area contributed by atoms with Gasteiger partial charge in [0.05, 0.1) is 19.8 Å². The number of nitrogens with one attached hydrogen (secondary N) is 2. The molecule has 30 heavy (non-hydrogen) atoms. The fourth-order valence-electron chi connectivity index (χ4n) is 3.80. The maximum Gasteiger partial charge on any atom is 0.275 e. The van der Waals surface area contributed by atoms with Gasteiger partial charge >= 0.3 is 0 Å². The minimum atomic E-state index is 0.0844. The van der Waals surface area contributed by atoms with Crippen LogP contribution in [0.3, 0.4) is 0 Å². The van der Waals surface area contributed by atoms with E-state index < -0.39 is 0 Å². The highest BCUT2D eigenvalue weighted by atomic mass is 16.5. The molecular formula is C24H34N3O3+. The van der Waals surface area contributed by atoms with Gasteiger partial charge in [0.2, 0.25) is 0 Å². The van der Waals surface area contributed by atoms with E-state index in [-0.39, 0.29) is 5.91 Å². The summed E-state index contributed by atoms with van der Waals surface area (Å²) in [5.41, 5.74) is 4.81. The average molecular weight is 413 g/mol. The van der Waals surface area contributed by atoms with Crippen molar-refractivity contribution in [2.45, 2.75) is 33.4 Å². The molecule has 0 spiro atoms. The second-order valence-corrected chi connectivity index (χ2v) is 7.87. The van der Waals surface area contributed by atoms with Gasteiger partial charge in [-0.3, -0.25) is 4.79 Å². The van der Waals surface area contributed by atoms with Crippen LogP contribution in [0.1, 0.15) is 30.5 Å².